The molecular formula is C25H30ClN5O4S. The number of aryl methyl sites for hydroxylation is 1. The molecule has 0 unspecified atom stereocenters. The molecule has 0 bridgehead atoms. The van der Waals surface area contributed by atoms with E-state index in [4.69, 9.17) is 26.2 Å². The van der Waals surface area contributed by atoms with Gasteiger partial charge in [-0.3, -0.25) is 14.3 Å². The molecule has 1 aliphatic rings. The summed E-state index contributed by atoms with van der Waals surface area (Å²) in [5, 5.41) is 8.74. The van der Waals surface area contributed by atoms with E-state index >= 15 is 0 Å². The molecule has 3 aromatic rings. The van der Waals surface area contributed by atoms with Gasteiger partial charge in [0.1, 0.15) is 17.1 Å². The first-order chi connectivity index (χ1) is 17.1. The lowest BCUT2D eigenvalue weighted by molar-refractivity contribution is -0.123. The van der Waals surface area contributed by atoms with E-state index in [1.54, 1.807) is 34.9 Å². The van der Waals surface area contributed by atoms with Gasteiger partial charge in [0.2, 0.25) is 5.91 Å². The molecule has 1 N–H and O–H groups in total. The van der Waals surface area contributed by atoms with E-state index in [0.29, 0.717) is 60.1 Å². The molecule has 11 heteroatoms. The number of amides is 2. The summed E-state index contributed by atoms with van der Waals surface area (Å²) in [6.07, 6.45) is 0. The second-order valence-corrected chi connectivity index (χ2v) is 11.0. The smallest absolute Gasteiger partial charge is 0.272 e. The minimum absolute atomic E-state index is 0.121. The number of carbonyl (C=O) groups is 2. The van der Waals surface area contributed by atoms with Gasteiger partial charge < -0.3 is 19.7 Å². The molecule has 1 saturated heterocycles. The minimum Gasteiger partial charge on any atom is -0.496 e. The SMILES string of the molecule is COc1ccc(Cl)cc1Cn1nc(-c2sc(NC(=O)C(C)(C)C)nc2C)cc1C(=O)N1CCOCC1. The number of ether oxygens (including phenoxy) is 2. The number of benzene rings is 1. The van der Waals surface area contributed by atoms with E-state index in [9.17, 15) is 9.59 Å². The monoisotopic (exact) mass is 531 g/mol. The molecule has 0 aliphatic carbocycles. The van der Waals surface area contributed by atoms with E-state index in [1.807, 2.05) is 33.8 Å². The zero-order valence-electron chi connectivity index (χ0n) is 21.1. The van der Waals surface area contributed by atoms with Crippen LogP contribution >= 0.6 is 22.9 Å². The van der Waals surface area contributed by atoms with Crippen LogP contribution in [0.15, 0.2) is 24.3 Å². The topological polar surface area (TPSA) is 98.6 Å². The molecule has 1 aliphatic heterocycles. The van der Waals surface area contributed by atoms with Gasteiger partial charge in [0.25, 0.3) is 5.91 Å². The van der Waals surface area contributed by atoms with Crippen molar-refractivity contribution >= 4 is 39.9 Å². The molecule has 2 aromatic heterocycles. The number of methoxy groups -OCH3 is 1. The Kier molecular flexibility index (Phi) is 7.67. The highest BCUT2D eigenvalue weighted by atomic mass is 35.5. The quantitative estimate of drug-likeness (QED) is 0.503. The van der Waals surface area contributed by atoms with E-state index in [0.717, 1.165) is 16.1 Å². The third-order valence-corrected chi connectivity index (χ3v) is 7.12. The molecule has 3 heterocycles. The maximum absolute atomic E-state index is 13.5. The van der Waals surface area contributed by atoms with Crippen LogP contribution < -0.4 is 10.1 Å². The number of hydrogen-bond donors (Lipinski definition) is 1. The van der Waals surface area contributed by atoms with Crippen LogP contribution in [0.25, 0.3) is 10.6 Å². The second-order valence-electron chi connectivity index (χ2n) is 9.57. The third kappa shape index (κ3) is 5.71. The molecule has 0 spiro atoms. The van der Waals surface area contributed by atoms with Gasteiger partial charge in [-0.05, 0) is 31.2 Å². The zero-order valence-corrected chi connectivity index (χ0v) is 22.6. The molecule has 192 valence electrons. The summed E-state index contributed by atoms with van der Waals surface area (Å²) in [5.74, 6) is 0.411. The fourth-order valence-corrected chi connectivity index (χ4v) is 4.87. The van der Waals surface area contributed by atoms with Gasteiger partial charge in [-0.2, -0.15) is 5.10 Å². The van der Waals surface area contributed by atoms with Crippen LogP contribution in [-0.2, 0) is 16.1 Å². The van der Waals surface area contributed by atoms with Gasteiger partial charge in [-0.15, -0.1) is 0 Å². The number of thiazole rings is 1. The molecule has 0 radical (unpaired) electrons. The van der Waals surface area contributed by atoms with Crippen molar-refractivity contribution in [1.29, 1.82) is 0 Å². The predicted molar refractivity (Wildman–Crippen MR) is 140 cm³/mol. The van der Waals surface area contributed by atoms with Gasteiger partial charge in [0.05, 0.1) is 37.4 Å². The maximum atomic E-state index is 13.5. The van der Waals surface area contributed by atoms with Gasteiger partial charge in [0.15, 0.2) is 5.13 Å². The lowest BCUT2D eigenvalue weighted by Gasteiger charge is -2.27. The van der Waals surface area contributed by atoms with Crippen LogP contribution in [0.2, 0.25) is 5.02 Å². The molecule has 1 aromatic carbocycles. The standard InChI is InChI=1S/C25H30ClN5O4S/c1-15-21(36-24(27-15)28-23(33)25(2,3)4)18-13-19(22(32)30-8-10-35-11-9-30)31(29-18)14-16-12-17(26)6-7-20(16)34-5/h6-7,12-13H,8-11,14H2,1-5H3,(H,27,28,33). The van der Waals surface area contributed by atoms with Crippen molar-refractivity contribution in [2.45, 2.75) is 34.2 Å². The molecule has 2 amide bonds. The van der Waals surface area contributed by atoms with Gasteiger partial charge in [-0.1, -0.05) is 43.7 Å². The average Bonchev–Trinajstić information content (AvgIpc) is 3.41. The van der Waals surface area contributed by atoms with Crippen LogP contribution in [0.4, 0.5) is 5.13 Å². The van der Waals surface area contributed by atoms with E-state index < -0.39 is 5.41 Å². The Balaban J connectivity index is 1.72. The number of morpholine rings is 1. The Hall–Kier alpha value is -2.95. The predicted octanol–water partition coefficient (Wildman–Crippen LogP) is 4.48. The summed E-state index contributed by atoms with van der Waals surface area (Å²) in [6, 6.07) is 7.14. The van der Waals surface area contributed by atoms with Crippen molar-refractivity contribution in [3.05, 3.63) is 46.2 Å². The summed E-state index contributed by atoms with van der Waals surface area (Å²) in [6.45, 7) is 9.72. The van der Waals surface area contributed by atoms with Crippen molar-refractivity contribution in [3.63, 3.8) is 0 Å². The molecule has 9 nitrogen and oxygen atoms in total. The van der Waals surface area contributed by atoms with Crippen molar-refractivity contribution in [3.8, 4) is 16.3 Å². The van der Waals surface area contributed by atoms with Crippen LogP contribution in [0.5, 0.6) is 5.75 Å². The van der Waals surface area contributed by atoms with Crippen molar-refractivity contribution in [1.82, 2.24) is 19.7 Å². The second kappa shape index (κ2) is 10.6. The maximum Gasteiger partial charge on any atom is 0.272 e. The largest absolute Gasteiger partial charge is 0.496 e. The normalized spacial score (nSPS) is 14.1. The Morgan fingerprint density at radius 1 is 1.22 bits per heavy atom. The summed E-state index contributed by atoms with van der Waals surface area (Å²) >= 11 is 7.58. The van der Waals surface area contributed by atoms with Crippen LogP contribution in [-0.4, -0.2) is 64.9 Å². The Morgan fingerprint density at radius 2 is 1.94 bits per heavy atom. The summed E-state index contributed by atoms with van der Waals surface area (Å²) in [4.78, 5) is 33.0. The number of carbonyl (C=O) groups excluding carboxylic acids is 2. The number of aromatic nitrogens is 3. The van der Waals surface area contributed by atoms with Gasteiger partial charge in [-0.25, -0.2) is 4.98 Å². The molecule has 0 atom stereocenters. The molecule has 36 heavy (non-hydrogen) atoms. The average molecular weight is 532 g/mol. The summed E-state index contributed by atoms with van der Waals surface area (Å²) < 4.78 is 12.6. The highest BCUT2D eigenvalue weighted by Crippen LogP contribution is 2.34. The molecule has 4 rings (SSSR count). The van der Waals surface area contributed by atoms with Gasteiger partial charge in [0, 0.05) is 29.1 Å². The highest BCUT2D eigenvalue weighted by Gasteiger charge is 2.27. The van der Waals surface area contributed by atoms with Crippen molar-refractivity contribution in [2.75, 3.05) is 38.7 Å². The molecular weight excluding hydrogens is 502 g/mol. The molecule has 0 saturated carbocycles. The number of nitrogens with zero attached hydrogens (tertiary/aromatic N) is 4. The Labute approximate surface area is 219 Å². The number of halogens is 1. The van der Waals surface area contributed by atoms with Crippen molar-refractivity contribution in [2.24, 2.45) is 5.41 Å². The number of nitrogens with one attached hydrogen (secondary N) is 1. The lowest BCUT2D eigenvalue weighted by atomic mass is 9.96. The summed E-state index contributed by atoms with van der Waals surface area (Å²) in [7, 11) is 1.59. The highest BCUT2D eigenvalue weighted by molar-refractivity contribution is 7.19. The fourth-order valence-electron chi connectivity index (χ4n) is 3.75. The van der Waals surface area contributed by atoms with E-state index in [1.165, 1.54) is 11.3 Å². The van der Waals surface area contributed by atoms with Crippen LogP contribution in [0, 0.1) is 12.3 Å². The number of hydrogen-bond acceptors (Lipinski definition) is 7. The number of rotatable bonds is 6. The first kappa shape index (κ1) is 26.1. The lowest BCUT2D eigenvalue weighted by Crippen LogP contribution is -2.41. The van der Waals surface area contributed by atoms with Crippen molar-refractivity contribution < 1.29 is 19.1 Å². The van der Waals surface area contributed by atoms with E-state index in [-0.39, 0.29) is 11.8 Å². The first-order valence-electron chi connectivity index (χ1n) is 11.6. The number of anilines is 1. The Bertz CT molecular complexity index is 1270. The van der Waals surface area contributed by atoms with Crippen LogP contribution in [0.1, 0.15) is 42.5 Å². The fraction of sp³-hybridized carbons (Fsp3) is 0.440. The van der Waals surface area contributed by atoms with Crippen LogP contribution in [0.3, 0.4) is 0 Å². The minimum atomic E-state index is -0.547. The van der Waals surface area contributed by atoms with Gasteiger partial charge >= 0.3 is 0 Å². The third-order valence-electron chi connectivity index (χ3n) is 5.79. The van der Waals surface area contributed by atoms with E-state index in [2.05, 4.69) is 10.3 Å². The zero-order chi connectivity index (χ0) is 26.0. The summed E-state index contributed by atoms with van der Waals surface area (Å²) in [5.41, 5.74) is 2.03. The Morgan fingerprint density at radius 3 is 2.61 bits per heavy atom. The first-order valence-corrected chi connectivity index (χ1v) is 12.8. The molecule has 1 fully saturated rings.